The van der Waals surface area contributed by atoms with Crippen molar-refractivity contribution in [3.8, 4) is 0 Å². The zero-order valence-corrected chi connectivity index (χ0v) is 13.1. The molecular formula is C17H16N2O5. The van der Waals surface area contributed by atoms with Gasteiger partial charge in [-0.05, 0) is 29.4 Å². The second-order valence-corrected chi connectivity index (χ2v) is 5.32. The number of benzene rings is 1. The summed E-state index contributed by atoms with van der Waals surface area (Å²) in [6.45, 7) is 0.454. The molecule has 0 aromatic heterocycles. The number of nitrogens with one attached hydrogen (secondary N) is 1. The normalized spacial score (nSPS) is 18.0. The molecule has 1 fully saturated rings. The van der Waals surface area contributed by atoms with Crippen LogP contribution in [0.15, 0.2) is 41.7 Å². The van der Waals surface area contributed by atoms with Crippen molar-refractivity contribution in [1.29, 1.82) is 0 Å². The lowest BCUT2D eigenvalue weighted by atomic mass is 10.0. The van der Waals surface area contributed by atoms with Crippen LogP contribution in [0.4, 0.5) is 10.5 Å². The van der Waals surface area contributed by atoms with Gasteiger partial charge >= 0.3 is 12.1 Å². The molecule has 1 aromatic carbocycles. The number of carbonyl (C=O) groups is 3. The van der Waals surface area contributed by atoms with Crippen LogP contribution in [-0.2, 0) is 19.1 Å². The molecule has 24 heavy (non-hydrogen) atoms. The molecule has 3 rings (SSSR count). The van der Waals surface area contributed by atoms with Crippen LogP contribution < -0.4 is 5.32 Å². The van der Waals surface area contributed by atoms with Crippen molar-refractivity contribution in [2.24, 2.45) is 0 Å². The largest absolute Gasteiger partial charge is 0.469 e. The predicted molar refractivity (Wildman–Crippen MR) is 85.8 cm³/mol. The predicted octanol–water partition coefficient (Wildman–Crippen LogP) is 1.92. The van der Waals surface area contributed by atoms with Crippen molar-refractivity contribution >= 4 is 29.7 Å². The molecular weight excluding hydrogens is 312 g/mol. The van der Waals surface area contributed by atoms with Crippen molar-refractivity contribution in [2.45, 2.75) is 6.42 Å². The van der Waals surface area contributed by atoms with Gasteiger partial charge in [-0.25, -0.2) is 9.69 Å². The minimum absolute atomic E-state index is 0.0442. The number of ether oxygens (including phenoxy) is 2. The molecule has 1 saturated heterocycles. The molecule has 2 aliphatic rings. The fraction of sp³-hybridized carbons (Fsp3) is 0.235. The number of nitrogens with zero attached hydrogens (tertiary/aromatic N) is 1. The molecule has 0 bridgehead atoms. The summed E-state index contributed by atoms with van der Waals surface area (Å²) in [6.07, 6.45) is 2.63. The Labute approximate surface area is 138 Å². The number of imide groups is 1. The van der Waals surface area contributed by atoms with E-state index >= 15 is 0 Å². The van der Waals surface area contributed by atoms with Crippen LogP contribution in [0.5, 0.6) is 0 Å². The summed E-state index contributed by atoms with van der Waals surface area (Å²) in [5, 5.41) is 3.23. The van der Waals surface area contributed by atoms with Crippen molar-refractivity contribution in [3.05, 3.63) is 47.2 Å². The van der Waals surface area contributed by atoms with E-state index in [1.807, 2.05) is 30.3 Å². The highest BCUT2D eigenvalue weighted by atomic mass is 16.6. The van der Waals surface area contributed by atoms with Gasteiger partial charge in [0.25, 0.3) is 5.91 Å². The average molecular weight is 328 g/mol. The second kappa shape index (κ2) is 6.57. The Morgan fingerprint density at radius 1 is 1.38 bits per heavy atom. The lowest BCUT2D eigenvalue weighted by Crippen LogP contribution is -2.31. The van der Waals surface area contributed by atoms with Gasteiger partial charge in [-0.3, -0.25) is 9.59 Å². The number of fused-ring (bicyclic) bond motifs is 1. The summed E-state index contributed by atoms with van der Waals surface area (Å²) in [5.41, 5.74) is 2.82. The summed E-state index contributed by atoms with van der Waals surface area (Å²) in [7, 11) is 1.25. The Kier molecular flexibility index (Phi) is 4.33. The number of carbonyl (C=O) groups excluding carboxylic acids is 3. The van der Waals surface area contributed by atoms with Gasteiger partial charge in [-0.2, -0.15) is 0 Å². The van der Waals surface area contributed by atoms with E-state index in [2.05, 4.69) is 10.1 Å². The number of methoxy groups -OCH3 is 1. The Morgan fingerprint density at radius 2 is 2.17 bits per heavy atom. The summed E-state index contributed by atoms with van der Waals surface area (Å²) in [6, 6.07) is 7.77. The van der Waals surface area contributed by atoms with Crippen LogP contribution in [0, 0.1) is 0 Å². The molecule has 2 heterocycles. The van der Waals surface area contributed by atoms with Gasteiger partial charge in [-0.15, -0.1) is 0 Å². The van der Waals surface area contributed by atoms with Gasteiger partial charge in [-0.1, -0.05) is 18.2 Å². The van der Waals surface area contributed by atoms with Crippen LogP contribution in [-0.4, -0.2) is 43.1 Å². The molecule has 124 valence electrons. The van der Waals surface area contributed by atoms with Gasteiger partial charge in [0, 0.05) is 18.8 Å². The first kappa shape index (κ1) is 15.8. The number of anilines is 1. The third-order valence-corrected chi connectivity index (χ3v) is 3.74. The molecule has 0 saturated carbocycles. The highest BCUT2D eigenvalue weighted by molar-refractivity contribution is 6.08. The average Bonchev–Trinajstić information content (AvgIpc) is 2.86. The maximum absolute atomic E-state index is 12.2. The quantitative estimate of drug-likeness (QED) is 0.671. The molecule has 1 N–H and O–H groups in total. The van der Waals surface area contributed by atoms with Crippen molar-refractivity contribution in [3.63, 3.8) is 0 Å². The van der Waals surface area contributed by atoms with Crippen LogP contribution in [0.1, 0.15) is 12.0 Å². The number of rotatable bonds is 4. The second-order valence-electron chi connectivity index (χ2n) is 5.32. The van der Waals surface area contributed by atoms with E-state index in [1.165, 1.54) is 7.11 Å². The van der Waals surface area contributed by atoms with E-state index in [0.29, 0.717) is 6.54 Å². The van der Waals surface area contributed by atoms with E-state index in [-0.39, 0.29) is 18.7 Å². The van der Waals surface area contributed by atoms with Crippen molar-refractivity contribution < 1.29 is 23.9 Å². The van der Waals surface area contributed by atoms with Crippen LogP contribution >= 0.6 is 0 Å². The molecule has 0 radical (unpaired) electrons. The highest BCUT2D eigenvalue weighted by Gasteiger charge is 2.36. The summed E-state index contributed by atoms with van der Waals surface area (Å²) in [4.78, 5) is 36.1. The maximum atomic E-state index is 12.2. The molecule has 0 spiro atoms. The maximum Gasteiger partial charge on any atom is 0.422 e. The smallest absolute Gasteiger partial charge is 0.422 e. The SMILES string of the molecule is COC(=O)CCN1C(=O)O/C(=C/C2=Cc3ccccc3NC2)C1=O. The fourth-order valence-electron chi connectivity index (χ4n) is 2.49. The Bertz CT molecular complexity index is 766. The molecule has 1 aromatic rings. The monoisotopic (exact) mass is 328 g/mol. The van der Waals surface area contributed by atoms with Crippen molar-refractivity contribution in [1.82, 2.24) is 4.90 Å². The van der Waals surface area contributed by atoms with Crippen LogP contribution in [0.2, 0.25) is 0 Å². The highest BCUT2D eigenvalue weighted by Crippen LogP contribution is 2.26. The number of hydrogen-bond acceptors (Lipinski definition) is 6. The molecule has 0 aliphatic carbocycles. The fourth-order valence-corrected chi connectivity index (χ4v) is 2.49. The summed E-state index contributed by atoms with van der Waals surface area (Å²) < 4.78 is 9.52. The third-order valence-electron chi connectivity index (χ3n) is 3.74. The minimum atomic E-state index is -0.778. The molecule has 2 amide bonds. The zero-order chi connectivity index (χ0) is 17.1. The first-order chi connectivity index (χ1) is 11.6. The van der Waals surface area contributed by atoms with Crippen molar-refractivity contribution in [2.75, 3.05) is 25.5 Å². The summed E-state index contributed by atoms with van der Waals surface area (Å²) in [5.74, 6) is -1.09. The molecule has 0 unspecified atom stereocenters. The number of cyclic esters (lactones) is 1. The number of hydrogen-bond donors (Lipinski definition) is 1. The number of amides is 2. The van der Waals surface area contributed by atoms with Gasteiger partial charge in [0.1, 0.15) is 0 Å². The van der Waals surface area contributed by atoms with E-state index in [1.54, 1.807) is 6.08 Å². The van der Waals surface area contributed by atoms with E-state index < -0.39 is 18.0 Å². The standard InChI is InChI=1S/C17H16N2O5/c1-23-15(20)6-7-19-16(21)14(24-17(19)22)9-11-8-12-4-2-3-5-13(12)18-10-11/h2-5,8-9,18H,6-7,10H2,1H3/b14-9+. The van der Waals surface area contributed by atoms with E-state index in [0.717, 1.165) is 21.7 Å². The summed E-state index contributed by atoms with van der Waals surface area (Å²) >= 11 is 0. The lowest BCUT2D eigenvalue weighted by Gasteiger charge is -2.16. The number of esters is 1. The molecule has 2 aliphatic heterocycles. The minimum Gasteiger partial charge on any atom is -0.469 e. The zero-order valence-electron chi connectivity index (χ0n) is 13.1. The Hall–Kier alpha value is -3.09. The van der Waals surface area contributed by atoms with Gasteiger partial charge < -0.3 is 14.8 Å². The van der Waals surface area contributed by atoms with E-state index in [4.69, 9.17) is 4.74 Å². The first-order valence-corrected chi connectivity index (χ1v) is 7.44. The molecule has 7 nitrogen and oxygen atoms in total. The molecule has 0 atom stereocenters. The Balaban J connectivity index is 1.75. The molecule has 7 heteroatoms. The number of para-hydroxylation sites is 1. The van der Waals surface area contributed by atoms with Gasteiger partial charge in [0.05, 0.1) is 13.5 Å². The lowest BCUT2D eigenvalue weighted by molar-refractivity contribution is -0.141. The van der Waals surface area contributed by atoms with Crippen LogP contribution in [0.3, 0.4) is 0 Å². The van der Waals surface area contributed by atoms with Gasteiger partial charge in [0.2, 0.25) is 0 Å². The first-order valence-electron chi connectivity index (χ1n) is 7.44. The van der Waals surface area contributed by atoms with E-state index in [9.17, 15) is 14.4 Å². The third kappa shape index (κ3) is 3.15. The topological polar surface area (TPSA) is 84.9 Å². The van der Waals surface area contributed by atoms with Crippen LogP contribution in [0.25, 0.3) is 6.08 Å². The Morgan fingerprint density at radius 3 is 2.96 bits per heavy atom. The van der Waals surface area contributed by atoms with Gasteiger partial charge in [0.15, 0.2) is 5.76 Å².